The number of carbonyl (C=O) groups excluding carboxylic acids is 1. The van der Waals surface area contributed by atoms with Crippen LogP contribution in [-0.4, -0.2) is 35.5 Å². The van der Waals surface area contributed by atoms with E-state index in [1.54, 1.807) is 12.1 Å². The summed E-state index contributed by atoms with van der Waals surface area (Å²) in [7, 11) is 0. The Morgan fingerprint density at radius 2 is 2.05 bits per heavy atom. The normalized spacial score (nSPS) is 23.8. The summed E-state index contributed by atoms with van der Waals surface area (Å²) in [6, 6.07) is 7.74. The van der Waals surface area contributed by atoms with Crippen molar-refractivity contribution in [2.24, 2.45) is 5.73 Å². The van der Waals surface area contributed by atoms with Crippen LogP contribution in [0.25, 0.3) is 0 Å². The number of benzene rings is 1. The lowest BCUT2D eigenvalue weighted by molar-refractivity contribution is -0.122. The smallest absolute Gasteiger partial charge is 0.244 e. The molecule has 1 aliphatic rings. The summed E-state index contributed by atoms with van der Waals surface area (Å²) in [6.07, 6.45) is 0.725. The third kappa shape index (κ3) is 3.01. The Hall–Kier alpha value is -1.26. The van der Waals surface area contributed by atoms with E-state index in [4.69, 9.17) is 17.3 Å². The van der Waals surface area contributed by atoms with E-state index in [0.29, 0.717) is 17.6 Å². The maximum absolute atomic E-state index is 11.9. The third-order valence-electron chi connectivity index (χ3n) is 3.73. The molecule has 1 aliphatic heterocycles. The van der Waals surface area contributed by atoms with Crippen molar-refractivity contribution in [2.45, 2.75) is 31.8 Å². The van der Waals surface area contributed by atoms with E-state index in [2.05, 4.69) is 24.1 Å². The number of halogens is 1. The summed E-state index contributed by atoms with van der Waals surface area (Å²) < 4.78 is 0. The Kier molecular flexibility index (Phi) is 4.02. The first-order chi connectivity index (χ1) is 8.93. The zero-order valence-corrected chi connectivity index (χ0v) is 12.1. The summed E-state index contributed by atoms with van der Waals surface area (Å²) in [6.45, 7) is 5.77. The number of nitrogens with one attached hydrogen (secondary N) is 1. The number of nitrogens with two attached hydrogens (primary N) is 1. The second-order valence-electron chi connectivity index (χ2n) is 5.39. The molecule has 0 radical (unpaired) electrons. The van der Waals surface area contributed by atoms with Gasteiger partial charge in [0.05, 0.1) is 0 Å². The molecule has 0 saturated carbocycles. The predicted molar refractivity (Wildman–Crippen MR) is 78.3 cm³/mol. The van der Waals surface area contributed by atoms with Gasteiger partial charge in [-0.2, -0.15) is 0 Å². The molecule has 1 aromatic rings. The largest absolute Gasteiger partial charge is 0.370 e. The lowest BCUT2D eigenvalue weighted by atomic mass is 9.97. The summed E-state index contributed by atoms with van der Waals surface area (Å²) in [4.78, 5) is 14.1. The quantitative estimate of drug-likeness (QED) is 0.888. The van der Waals surface area contributed by atoms with Crippen molar-refractivity contribution in [3.05, 3.63) is 29.3 Å². The van der Waals surface area contributed by atoms with Crippen LogP contribution >= 0.6 is 11.6 Å². The minimum absolute atomic E-state index is 0.300. The predicted octanol–water partition coefficient (Wildman–Crippen LogP) is 2.09. The SMILES string of the molecule is CC(C)N1CCC(Nc2ccc(Cl)cc2)(C(N)=O)C1. The van der Waals surface area contributed by atoms with Gasteiger partial charge in [0.25, 0.3) is 0 Å². The zero-order chi connectivity index (χ0) is 14.0. The standard InChI is InChI=1S/C14H20ClN3O/c1-10(2)18-8-7-14(9-18,13(16)19)17-12-5-3-11(15)4-6-12/h3-6,10,17H,7-9H2,1-2H3,(H2,16,19). The molecule has 0 spiro atoms. The first kappa shape index (κ1) is 14.2. The van der Waals surface area contributed by atoms with Crippen molar-refractivity contribution in [2.75, 3.05) is 18.4 Å². The number of primary amides is 1. The highest BCUT2D eigenvalue weighted by molar-refractivity contribution is 6.30. The van der Waals surface area contributed by atoms with Crippen LogP contribution in [0, 0.1) is 0 Å². The Labute approximate surface area is 118 Å². The van der Waals surface area contributed by atoms with Crippen molar-refractivity contribution in [3.63, 3.8) is 0 Å². The molecule has 0 aromatic heterocycles. The monoisotopic (exact) mass is 281 g/mol. The second kappa shape index (κ2) is 5.39. The fraction of sp³-hybridized carbons (Fsp3) is 0.500. The van der Waals surface area contributed by atoms with Gasteiger partial charge in [-0.3, -0.25) is 9.69 Å². The maximum atomic E-state index is 11.9. The van der Waals surface area contributed by atoms with Crippen LogP contribution in [0.3, 0.4) is 0 Å². The molecule has 5 heteroatoms. The van der Waals surface area contributed by atoms with Crippen LogP contribution in [0.5, 0.6) is 0 Å². The molecule has 1 atom stereocenters. The summed E-state index contributed by atoms with van der Waals surface area (Å²) >= 11 is 5.86. The molecule has 104 valence electrons. The van der Waals surface area contributed by atoms with Crippen molar-refractivity contribution in [3.8, 4) is 0 Å². The molecule has 2 rings (SSSR count). The van der Waals surface area contributed by atoms with Gasteiger partial charge in [-0.05, 0) is 44.5 Å². The first-order valence-electron chi connectivity index (χ1n) is 6.51. The van der Waals surface area contributed by atoms with E-state index in [9.17, 15) is 4.79 Å². The van der Waals surface area contributed by atoms with Crippen molar-refractivity contribution < 1.29 is 4.79 Å². The molecule has 1 unspecified atom stereocenters. The van der Waals surface area contributed by atoms with Crippen LogP contribution in [0.15, 0.2) is 24.3 Å². The summed E-state index contributed by atoms with van der Waals surface area (Å²) in [5.74, 6) is -0.300. The fourth-order valence-corrected chi connectivity index (χ4v) is 2.58. The Morgan fingerprint density at radius 3 is 2.53 bits per heavy atom. The van der Waals surface area contributed by atoms with E-state index in [-0.39, 0.29) is 5.91 Å². The van der Waals surface area contributed by atoms with Gasteiger partial charge in [0, 0.05) is 29.8 Å². The minimum Gasteiger partial charge on any atom is -0.370 e. The zero-order valence-electron chi connectivity index (χ0n) is 11.3. The third-order valence-corrected chi connectivity index (χ3v) is 3.98. The maximum Gasteiger partial charge on any atom is 0.244 e. The number of carbonyl (C=O) groups is 1. The highest BCUT2D eigenvalue weighted by atomic mass is 35.5. The first-order valence-corrected chi connectivity index (χ1v) is 6.88. The van der Waals surface area contributed by atoms with Crippen molar-refractivity contribution in [1.82, 2.24) is 4.90 Å². The molecular formula is C14H20ClN3O. The minimum atomic E-state index is -0.682. The number of rotatable bonds is 4. The van der Waals surface area contributed by atoms with E-state index in [1.165, 1.54) is 0 Å². The Bertz CT molecular complexity index is 460. The van der Waals surface area contributed by atoms with E-state index in [1.807, 2.05) is 12.1 Å². The average Bonchev–Trinajstić information content (AvgIpc) is 2.78. The lowest BCUT2D eigenvalue weighted by Crippen LogP contribution is -2.53. The van der Waals surface area contributed by atoms with Crippen molar-refractivity contribution >= 4 is 23.2 Å². The average molecular weight is 282 g/mol. The van der Waals surface area contributed by atoms with Crippen LogP contribution in [0.1, 0.15) is 20.3 Å². The van der Waals surface area contributed by atoms with Gasteiger partial charge < -0.3 is 11.1 Å². The Morgan fingerprint density at radius 1 is 1.42 bits per heavy atom. The van der Waals surface area contributed by atoms with Crippen LogP contribution in [0.2, 0.25) is 5.02 Å². The molecule has 0 bridgehead atoms. The van der Waals surface area contributed by atoms with Gasteiger partial charge in [0.15, 0.2) is 0 Å². The molecule has 1 amide bonds. The number of hydrogen-bond donors (Lipinski definition) is 2. The van der Waals surface area contributed by atoms with Crippen LogP contribution in [0.4, 0.5) is 5.69 Å². The summed E-state index contributed by atoms with van der Waals surface area (Å²) in [5, 5.41) is 3.97. The van der Waals surface area contributed by atoms with Gasteiger partial charge in [-0.25, -0.2) is 0 Å². The number of hydrogen-bond acceptors (Lipinski definition) is 3. The van der Waals surface area contributed by atoms with Gasteiger partial charge in [-0.15, -0.1) is 0 Å². The number of nitrogens with zero attached hydrogens (tertiary/aromatic N) is 1. The molecule has 4 nitrogen and oxygen atoms in total. The molecular weight excluding hydrogens is 262 g/mol. The molecule has 1 aromatic carbocycles. The molecule has 1 saturated heterocycles. The van der Waals surface area contributed by atoms with Crippen LogP contribution in [-0.2, 0) is 4.79 Å². The van der Waals surface area contributed by atoms with E-state index in [0.717, 1.165) is 18.7 Å². The lowest BCUT2D eigenvalue weighted by Gasteiger charge is -2.29. The van der Waals surface area contributed by atoms with Gasteiger partial charge >= 0.3 is 0 Å². The summed E-state index contributed by atoms with van der Waals surface area (Å²) in [5.41, 5.74) is 5.81. The van der Waals surface area contributed by atoms with Crippen molar-refractivity contribution in [1.29, 1.82) is 0 Å². The molecule has 1 fully saturated rings. The van der Waals surface area contributed by atoms with E-state index < -0.39 is 5.54 Å². The van der Waals surface area contributed by atoms with Gasteiger partial charge in [-0.1, -0.05) is 11.6 Å². The molecule has 0 aliphatic carbocycles. The highest BCUT2D eigenvalue weighted by Gasteiger charge is 2.43. The molecule has 19 heavy (non-hydrogen) atoms. The van der Waals surface area contributed by atoms with Gasteiger partial charge in [0.2, 0.25) is 5.91 Å². The number of likely N-dealkylation sites (tertiary alicyclic amines) is 1. The highest BCUT2D eigenvalue weighted by Crippen LogP contribution is 2.28. The number of anilines is 1. The fourth-order valence-electron chi connectivity index (χ4n) is 2.45. The molecule has 3 N–H and O–H groups in total. The topological polar surface area (TPSA) is 58.4 Å². The number of amides is 1. The second-order valence-corrected chi connectivity index (χ2v) is 5.83. The molecule has 1 heterocycles. The van der Waals surface area contributed by atoms with E-state index >= 15 is 0 Å². The van der Waals surface area contributed by atoms with Crippen LogP contribution < -0.4 is 11.1 Å². The Balaban J connectivity index is 2.17. The van der Waals surface area contributed by atoms with Gasteiger partial charge in [0.1, 0.15) is 5.54 Å².